The van der Waals surface area contributed by atoms with Crippen molar-refractivity contribution in [3.05, 3.63) is 29.8 Å². The molecular formula is C16H27N3O2. The van der Waals surface area contributed by atoms with Crippen molar-refractivity contribution in [1.29, 1.82) is 0 Å². The van der Waals surface area contributed by atoms with Gasteiger partial charge in [-0.2, -0.15) is 0 Å². The Labute approximate surface area is 127 Å². The van der Waals surface area contributed by atoms with Crippen molar-refractivity contribution in [3.8, 4) is 5.75 Å². The molecule has 0 aliphatic heterocycles. The largest absolute Gasteiger partial charge is 0.497 e. The van der Waals surface area contributed by atoms with Crippen LogP contribution in [0.15, 0.2) is 24.3 Å². The van der Waals surface area contributed by atoms with E-state index in [1.807, 2.05) is 32.3 Å². The highest BCUT2D eigenvalue weighted by molar-refractivity contribution is 5.77. The minimum absolute atomic E-state index is 0.0550. The fourth-order valence-electron chi connectivity index (χ4n) is 1.95. The Bertz CT molecular complexity index is 422. The van der Waals surface area contributed by atoms with Crippen molar-refractivity contribution in [2.75, 3.05) is 47.4 Å². The molecule has 0 heterocycles. The predicted molar refractivity (Wildman–Crippen MR) is 85.7 cm³/mol. The van der Waals surface area contributed by atoms with Gasteiger partial charge in [0, 0.05) is 6.54 Å². The number of rotatable bonds is 10. The molecule has 2 N–H and O–H groups in total. The summed E-state index contributed by atoms with van der Waals surface area (Å²) < 4.78 is 5.18. The van der Waals surface area contributed by atoms with Crippen molar-refractivity contribution in [3.63, 3.8) is 0 Å². The average Bonchev–Trinajstić information content (AvgIpc) is 2.48. The van der Waals surface area contributed by atoms with Crippen LogP contribution in [0.3, 0.4) is 0 Å². The molecular weight excluding hydrogens is 266 g/mol. The Morgan fingerprint density at radius 2 is 2.10 bits per heavy atom. The van der Waals surface area contributed by atoms with Gasteiger partial charge in [0.15, 0.2) is 0 Å². The van der Waals surface area contributed by atoms with Gasteiger partial charge in [-0.25, -0.2) is 0 Å². The van der Waals surface area contributed by atoms with Crippen LogP contribution >= 0.6 is 0 Å². The van der Waals surface area contributed by atoms with Gasteiger partial charge in [-0.05, 0) is 57.7 Å². The summed E-state index contributed by atoms with van der Waals surface area (Å²) >= 11 is 0. The molecule has 0 spiro atoms. The molecule has 0 aliphatic carbocycles. The summed E-state index contributed by atoms with van der Waals surface area (Å²) in [7, 11) is 5.72. The molecule has 0 saturated heterocycles. The first-order valence-electron chi connectivity index (χ1n) is 7.37. The first-order valence-corrected chi connectivity index (χ1v) is 7.37. The van der Waals surface area contributed by atoms with Gasteiger partial charge < -0.3 is 20.3 Å². The number of benzene rings is 1. The van der Waals surface area contributed by atoms with Crippen LogP contribution in [0.4, 0.5) is 0 Å². The molecule has 0 unspecified atom stereocenters. The highest BCUT2D eigenvalue weighted by Crippen LogP contribution is 2.12. The number of nitrogens with zero attached hydrogens (tertiary/aromatic N) is 1. The molecule has 5 heteroatoms. The zero-order valence-electron chi connectivity index (χ0n) is 13.3. The number of hydrogen-bond acceptors (Lipinski definition) is 4. The van der Waals surface area contributed by atoms with Crippen molar-refractivity contribution >= 4 is 5.91 Å². The van der Waals surface area contributed by atoms with Gasteiger partial charge in [0.2, 0.25) is 5.91 Å². The van der Waals surface area contributed by atoms with Gasteiger partial charge in [0.05, 0.1) is 13.7 Å². The summed E-state index contributed by atoms with van der Waals surface area (Å²) in [5.41, 5.74) is 1.20. The van der Waals surface area contributed by atoms with Crippen LogP contribution in [0.5, 0.6) is 5.75 Å². The highest BCUT2D eigenvalue weighted by atomic mass is 16.5. The Balaban J connectivity index is 2.09. The third-order valence-corrected chi connectivity index (χ3v) is 3.11. The maximum atomic E-state index is 11.6. The Kier molecular flexibility index (Phi) is 8.47. The van der Waals surface area contributed by atoms with Crippen molar-refractivity contribution in [1.82, 2.24) is 15.5 Å². The van der Waals surface area contributed by atoms with Gasteiger partial charge in [0.1, 0.15) is 5.75 Å². The van der Waals surface area contributed by atoms with E-state index in [9.17, 15) is 4.79 Å². The molecule has 0 atom stereocenters. The molecule has 1 aromatic rings. The third kappa shape index (κ3) is 8.32. The number of amides is 1. The third-order valence-electron chi connectivity index (χ3n) is 3.11. The zero-order valence-corrected chi connectivity index (χ0v) is 13.3. The van der Waals surface area contributed by atoms with Crippen LogP contribution in [0.2, 0.25) is 0 Å². The average molecular weight is 293 g/mol. The number of ether oxygens (including phenoxy) is 1. The summed E-state index contributed by atoms with van der Waals surface area (Å²) in [6.07, 6.45) is 1.85. The summed E-state index contributed by atoms with van der Waals surface area (Å²) in [5.74, 6) is 0.922. The maximum Gasteiger partial charge on any atom is 0.233 e. The molecule has 0 radical (unpaired) electrons. The molecule has 21 heavy (non-hydrogen) atoms. The fourth-order valence-corrected chi connectivity index (χ4v) is 1.95. The topological polar surface area (TPSA) is 53.6 Å². The van der Waals surface area contributed by atoms with E-state index in [2.05, 4.69) is 21.6 Å². The van der Waals surface area contributed by atoms with Gasteiger partial charge in [-0.3, -0.25) is 4.79 Å². The van der Waals surface area contributed by atoms with Gasteiger partial charge in [0.25, 0.3) is 0 Å². The standard InChI is InChI=1S/C16H27N3O2/c1-19(2)11-5-9-18-16(20)13-17-10-8-14-6-4-7-15(12-14)21-3/h4,6-7,12,17H,5,8-11,13H2,1-3H3,(H,18,20). The number of methoxy groups -OCH3 is 1. The summed E-state index contributed by atoms with van der Waals surface area (Å²) in [5, 5.41) is 6.06. The van der Waals surface area contributed by atoms with Crippen LogP contribution < -0.4 is 15.4 Å². The van der Waals surface area contributed by atoms with E-state index in [1.54, 1.807) is 7.11 Å². The van der Waals surface area contributed by atoms with E-state index < -0.39 is 0 Å². The Hall–Kier alpha value is -1.59. The SMILES string of the molecule is COc1cccc(CCNCC(=O)NCCCN(C)C)c1. The highest BCUT2D eigenvalue weighted by Gasteiger charge is 2.01. The normalized spacial score (nSPS) is 10.7. The van der Waals surface area contributed by atoms with Crippen LogP contribution in [0.1, 0.15) is 12.0 Å². The Morgan fingerprint density at radius 1 is 1.29 bits per heavy atom. The monoisotopic (exact) mass is 293 g/mol. The second kappa shape index (κ2) is 10.2. The minimum Gasteiger partial charge on any atom is -0.497 e. The zero-order chi connectivity index (χ0) is 15.5. The molecule has 0 aliphatic rings. The molecule has 0 saturated carbocycles. The number of carbonyl (C=O) groups excluding carboxylic acids is 1. The van der Waals surface area contributed by atoms with E-state index in [1.165, 1.54) is 5.56 Å². The lowest BCUT2D eigenvalue weighted by Crippen LogP contribution is -2.35. The molecule has 1 amide bonds. The smallest absolute Gasteiger partial charge is 0.233 e. The molecule has 5 nitrogen and oxygen atoms in total. The fraction of sp³-hybridized carbons (Fsp3) is 0.562. The van der Waals surface area contributed by atoms with Crippen molar-refractivity contribution in [2.45, 2.75) is 12.8 Å². The van der Waals surface area contributed by atoms with E-state index in [0.717, 1.165) is 38.2 Å². The van der Waals surface area contributed by atoms with Crippen LogP contribution in [0, 0.1) is 0 Å². The van der Waals surface area contributed by atoms with Gasteiger partial charge in [-0.15, -0.1) is 0 Å². The lowest BCUT2D eigenvalue weighted by Gasteiger charge is -2.10. The number of carbonyl (C=O) groups is 1. The van der Waals surface area contributed by atoms with Gasteiger partial charge >= 0.3 is 0 Å². The number of hydrogen-bond donors (Lipinski definition) is 2. The summed E-state index contributed by atoms with van der Waals surface area (Å²) in [4.78, 5) is 13.7. The molecule has 1 aromatic carbocycles. The lowest BCUT2D eigenvalue weighted by molar-refractivity contribution is -0.120. The Morgan fingerprint density at radius 3 is 2.81 bits per heavy atom. The van der Waals surface area contributed by atoms with Crippen molar-refractivity contribution in [2.24, 2.45) is 0 Å². The van der Waals surface area contributed by atoms with E-state index >= 15 is 0 Å². The lowest BCUT2D eigenvalue weighted by atomic mass is 10.1. The predicted octanol–water partition coefficient (Wildman–Crippen LogP) is 0.895. The van der Waals surface area contributed by atoms with E-state index in [0.29, 0.717) is 6.54 Å². The summed E-state index contributed by atoms with van der Waals surface area (Å²) in [6, 6.07) is 7.98. The number of nitrogens with one attached hydrogen (secondary N) is 2. The first-order chi connectivity index (χ1) is 10.1. The van der Waals surface area contributed by atoms with Crippen molar-refractivity contribution < 1.29 is 9.53 Å². The first kappa shape index (κ1) is 17.5. The second-order valence-corrected chi connectivity index (χ2v) is 5.29. The summed E-state index contributed by atoms with van der Waals surface area (Å²) in [6.45, 7) is 2.86. The van der Waals surface area contributed by atoms with E-state index in [-0.39, 0.29) is 5.91 Å². The van der Waals surface area contributed by atoms with Crippen LogP contribution in [-0.2, 0) is 11.2 Å². The quantitative estimate of drug-likeness (QED) is 0.629. The molecule has 1 rings (SSSR count). The molecule has 0 aromatic heterocycles. The van der Waals surface area contributed by atoms with Crippen LogP contribution in [-0.4, -0.2) is 58.2 Å². The molecule has 0 fully saturated rings. The molecule has 118 valence electrons. The molecule has 0 bridgehead atoms. The van der Waals surface area contributed by atoms with Gasteiger partial charge in [-0.1, -0.05) is 12.1 Å². The second-order valence-electron chi connectivity index (χ2n) is 5.29. The van der Waals surface area contributed by atoms with Crippen LogP contribution in [0.25, 0.3) is 0 Å². The maximum absolute atomic E-state index is 11.6. The van der Waals surface area contributed by atoms with E-state index in [4.69, 9.17) is 4.74 Å². The minimum atomic E-state index is 0.0550.